The van der Waals surface area contributed by atoms with Crippen molar-refractivity contribution in [1.29, 1.82) is 0 Å². The number of rotatable bonds is 8. The van der Waals surface area contributed by atoms with Gasteiger partial charge >= 0.3 is 0 Å². The highest BCUT2D eigenvalue weighted by Crippen LogP contribution is 2.22. The fourth-order valence-corrected chi connectivity index (χ4v) is 4.96. The summed E-state index contributed by atoms with van der Waals surface area (Å²) < 4.78 is 33.3. The Morgan fingerprint density at radius 1 is 1.10 bits per heavy atom. The van der Waals surface area contributed by atoms with Crippen LogP contribution in [0.25, 0.3) is 0 Å². The lowest BCUT2D eigenvalue weighted by Gasteiger charge is -2.32. The van der Waals surface area contributed by atoms with Crippen LogP contribution in [0.2, 0.25) is 0 Å². The molecule has 0 spiro atoms. The van der Waals surface area contributed by atoms with Crippen LogP contribution in [0.4, 0.5) is 0 Å². The zero-order valence-corrected chi connectivity index (χ0v) is 18.5. The predicted octanol–water partition coefficient (Wildman–Crippen LogP) is 1.51. The van der Waals surface area contributed by atoms with Crippen LogP contribution >= 0.6 is 0 Å². The Hall–Kier alpha value is -2.36. The maximum absolute atomic E-state index is 13.2. The lowest BCUT2D eigenvalue weighted by molar-refractivity contribution is 0.222. The minimum atomic E-state index is -3.54. The van der Waals surface area contributed by atoms with Crippen LogP contribution in [0.5, 0.6) is 0 Å². The fourth-order valence-electron chi connectivity index (χ4n) is 3.32. The van der Waals surface area contributed by atoms with E-state index in [2.05, 4.69) is 20.5 Å². The normalized spacial score (nSPS) is 16.5. The van der Waals surface area contributed by atoms with E-state index in [0.717, 1.165) is 25.3 Å². The van der Waals surface area contributed by atoms with Gasteiger partial charge in [0.2, 0.25) is 10.0 Å². The van der Waals surface area contributed by atoms with E-state index in [1.807, 2.05) is 38.2 Å². The number of furan rings is 1. The summed E-state index contributed by atoms with van der Waals surface area (Å²) in [5, 5.41) is 6.47. The average Bonchev–Trinajstić information content (AvgIpc) is 3.26. The van der Waals surface area contributed by atoms with E-state index in [1.54, 1.807) is 22.7 Å². The van der Waals surface area contributed by atoms with Gasteiger partial charge in [0.1, 0.15) is 5.76 Å². The molecule has 0 bridgehead atoms. The van der Waals surface area contributed by atoms with Crippen molar-refractivity contribution in [1.82, 2.24) is 19.8 Å². The molecule has 0 amide bonds. The summed E-state index contributed by atoms with van der Waals surface area (Å²) in [7, 11) is -1.53. The molecule has 9 heteroatoms. The summed E-state index contributed by atoms with van der Waals surface area (Å²) in [4.78, 5) is 7.08. The summed E-state index contributed by atoms with van der Waals surface area (Å²) in [5.41, 5.74) is 0.694. The lowest BCUT2D eigenvalue weighted by Crippen LogP contribution is -2.47. The van der Waals surface area contributed by atoms with Gasteiger partial charge in [-0.25, -0.2) is 13.4 Å². The first kappa shape index (κ1) is 22.3. The van der Waals surface area contributed by atoms with Gasteiger partial charge in [-0.15, -0.1) is 0 Å². The number of guanidine groups is 1. The molecule has 1 aliphatic rings. The van der Waals surface area contributed by atoms with E-state index < -0.39 is 10.0 Å². The van der Waals surface area contributed by atoms with E-state index in [-0.39, 0.29) is 6.54 Å². The van der Waals surface area contributed by atoms with E-state index >= 15 is 0 Å². The molecule has 1 saturated heterocycles. The molecule has 1 aromatic carbocycles. The monoisotopic (exact) mass is 433 g/mol. The maximum atomic E-state index is 13.2. The van der Waals surface area contributed by atoms with Crippen molar-refractivity contribution >= 4 is 16.0 Å². The molecule has 8 nitrogen and oxygen atoms in total. The van der Waals surface area contributed by atoms with Crippen LogP contribution in [0.15, 0.2) is 57.0 Å². The lowest BCUT2D eigenvalue weighted by atomic mass is 10.2. The first-order valence-electron chi connectivity index (χ1n) is 10.3. The first-order chi connectivity index (χ1) is 14.5. The topological polar surface area (TPSA) is 90.2 Å². The highest BCUT2D eigenvalue weighted by molar-refractivity contribution is 7.89. The zero-order chi connectivity index (χ0) is 21.4. The molecular formula is C21H31N5O3S. The van der Waals surface area contributed by atoms with Crippen LogP contribution in [-0.4, -0.2) is 69.9 Å². The molecule has 0 atom stereocenters. The second-order valence-electron chi connectivity index (χ2n) is 7.27. The number of likely N-dealkylation sites (N-methyl/N-ethyl adjacent to an activating group) is 1. The largest absolute Gasteiger partial charge is 0.469 e. The van der Waals surface area contributed by atoms with Crippen molar-refractivity contribution in [3.8, 4) is 0 Å². The predicted molar refractivity (Wildman–Crippen MR) is 118 cm³/mol. The number of sulfonamides is 1. The Morgan fingerprint density at radius 2 is 1.87 bits per heavy atom. The van der Waals surface area contributed by atoms with Gasteiger partial charge in [0, 0.05) is 45.7 Å². The van der Waals surface area contributed by atoms with Crippen molar-refractivity contribution in [2.24, 2.45) is 4.99 Å². The molecule has 1 fully saturated rings. The van der Waals surface area contributed by atoms with Crippen molar-refractivity contribution < 1.29 is 12.8 Å². The molecule has 1 aliphatic heterocycles. The van der Waals surface area contributed by atoms with Crippen LogP contribution in [0.3, 0.4) is 0 Å². The number of nitrogens with zero attached hydrogens (tertiary/aromatic N) is 3. The van der Waals surface area contributed by atoms with Crippen LogP contribution in [0.1, 0.15) is 18.2 Å². The molecule has 0 aliphatic carbocycles. The Bertz CT molecular complexity index is 920. The van der Waals surface area contributed by atoms with Gasteiger partial charge in [-0.3, -0.25) is 0 Å². The van der Waals surface area contributed by atoms with Crippen LogP contribution in [0, 0.1) is 0 Å². The van der Waals surface area contributed by atoms with Crippen LogP contribution < -0.4 is 10.6 Å². The smallest absolute Gasteiger partial charge is 0.243 e. The van der Waals surface area contributed by atoms with E-state index in [9.17, 15) is 8.42 Å². The molecule has 0 radical (unpaired) electrons. The summed E-state index contributed by atoms with van der Waals surface area (Å²) in [6, 6.07) is 10.9. The molecule has 3 rings (SSSR count). The fraction of sp³-hybridized carbons (Fsp3) is 0.476. The van der Waals surface area contributed by atoms with Gasteiger partial charge in [0.25, 0.3) is 0 Å². The number of benzene rings is 1. The maximum Gasteiger partial charge on any atom is 0.243 e. The van der Waals surface area contributed by atoms with Gasteiger partial charge < -0.3 is 20.0 Å². The minimum Gasteiger partial charge on any atom is -0.469 e. The standard InChI is InChI=1S/C21H31N5O3S/c1-3-22-21(23-11-10-19-8-6-16-29-19)24-17-18-7-4-5-9-20(18)30(27,28)26-14-12-25(2)13-15-26/h4-9,16H,3,10-15,17H2,1-2H3,(H2,22,23,24). The average molecular weight is 434 g/mol. The molecule has 2 heterocycles. The molecule has 164 valence electrons. The van der Waals surface area contributed by atoms with Gasteiger partial charge in [0.15, 0.2) is 5.96 Å². The number of hydrogen-bond donors (Lipinski definition) is 2. The summed E-state index contributed by atoms with van der Waals surface area (Å²) in [6.07, 6.45) is 2.40. The number of piperazine rings is 1. The Labute approximate surface area is 179 Å². The summed E-state index contributed by atoms with van der Waals surface area (Å²) in [6.45, 7) is 6.15. The van der Waals surface area contributed by atoms with Gasteiger partial charge in [-0.2, -0.15) is 4.31 Å². The SMILES string of the molecule is CCNC(=NCc1ccccc1S(=O)(=O)N1CCN(C)CC1)NCCc1ccco1. The van der Waals surface area contributed by atoms with Crippen LogP contribution in [-0.2, 0) is 23.0 Å². The highest BCUT2D eigenvalue weighted by atomic mass is 32.2. The van der Waals surface area contributed by atoms with Gasteiger partial charge in [-0.1, -0.05) is 18.2 Å². The second-order valence-corrected chi connectivity index (χ2v) is 9.17. The molecule has 30 heavy (non-hydrogen) atoms. The Balaban J connectivity index is 1.70. The molecule has 0 unspecified atom stereocenters. The summed E-state index contributed by atoms with van der Waals surface area (Å²) >= 11 is 0. The van der Waals surface area contributed by atoms with Crippen molar-refractivity contribution in [3.63, 3.8) is 0 Å². The Morgan fingerprint density at radius 3 is 2.57 bits per heavy atom. The molecule has 2 aromatic rings. The molecule has 1 aromatic heterocycles. The molecule has 2 N–H and O–H groups in total. The quantitative estimate of drug-likeness (QED) is 0.485. The second kappa shape index (κ2) is 10.6. The number of aliphatic imine (C=N–C) groups is 1. The first-order valence-corrected chi connectivity index (χ1v) is 11.8. The van der Waals surface area contributed by atoms with Crippen molar-refractivity contribution in [3.05, 3.63) is 54.0 Å². The third kappa shape index (κ3) is 5.84. The van der Waals surface area contributed by atoms with E-state index in [4.69, 9.17) is 4.42 Å². The number of hydrogen-bond acceptors (Lipinski definition) is 5. The van der Waals surface area contributed by atoms with E-state index in [1.165, 1.54) is 0 Å². The summed E-state index contributed by atoms with van der Waals surface area (Å²) in [5.74, 6) is 1.55. The molecule has 0 saturated carbocycles. The Kier molecular flexibility index (Phi) is 7.89. The minimum absolute atomic E-state index is 0.277. The van der Waals surface area contributed by atoms with Crippen molar-refractivity contribution in [2.45, 2.75) is 24.8 Å². The van der Waals surface area contributed by atoms with Gasteiger partial charge in [0.05, 0.1) is 17.7 Å². The zero-order valence-electron chi connectivity index (χ0n) is 17.7. The third-order valence-corrected chi connectivity index (χ3v) is 7.05. The number of nitrogens with one attached hydrogen (secondary N) is 2. The van der Waals surface area contributed by atoms with E-state index in [0.29, 0.717) is 42.6 Å². The third-order valence-electron chi connectivity index (χ3n) is 5.05. The highest BCUT2D eigenvalue weighted by Gasteiger charge is 2.29. The van der Waals surface area contributed by atoms with Gasteiger partial charge in [-0.05, 0) is 37.7 Å². The molecular weight excluding hydrogens is 402 g/mol. The van der Waals surface area contributed by atoms with Crippen molar-refractivity contribution in [2.75, 3.05) is 46.3 Å².